The van der Waals surface area contributed by atoms with Gasteiger partial charge in [0.1, 0.15) is 0 Å². The van der Waals surface area contributed by atoms with Crippen LogP contribution < -0.4 is 0 Å². The van der Waals surface area contributed by atoms with Gasteiger partial charge in [0.25, 0.3) is 0 Å². The number of hydrogen-bond donors (Lipinski definition) is 0. The molecule has 2 nitrogen and oxygen atoms in total. The van der Waals surface area contributed by atoms with Gasteiger partial charge in [0.2, 0.25) is 0 Å². The summed E-state index contributed by atoms with van der Waals surface area (Å²) in [6, 6.07) is 0. The van der Waals surface area contributed by atoms with Gasteiger partial charge in [0, 0.05) is 17.4 Å². The van der Waals surface area contributed by atoms with E-state index < -0.39 is 0 Å². The Balaban J connectivity index is 2.26. The smallest absolute Gasteiger partial charge is 0.334 e. The third-order valence-electron chi connectivity index (χ3n) is 4.71. The van der Waals surface area contributed by atoms with Crippen molar-refractivity contribution in [1.29, 1.82) is 0 Å². The summed E-state index contributed by atoms with van der Waals surface area (Å²) < 4.78 is 5.45. The first-order valence-corrected chi connectivity index (χ1v) is 8.33. The molecular weight excluding hydrogens is 272 g/mol. The Morgan fingerprint density at radius 2 is 2.14 bits per heavy atom. The predicted molar refractivity (Wildman–Crippen MR) is 91.4 cm³/mol. The monoisotopic (exact) mass is 300 g/mol. The molecule has 0 radical (unpaired) electrons. The first-order valence-electron chi connectivity index (χ1n) is 8.33. The molecule has 0 aromatic rings. The molecule has 22 heavy (non-hydrogen) atoms. The second kappa shape index (κ2) is 7.62. The van der Waals surface area contributed by atoms with Crippen molar-refractivity contribution in [3.05, 3.63) is 47.1 Å². The van der Waals surface area contributed by atoms with Crippen LogP contribution in [0, 0.1) is 11.8 Å². The SMILES string of the molecule is C=C1CC/C=C(\C)CCC2/C(=C/CC=C(C)C)C(=O)OC[C@@H]12. The lowest BCUT2D eigenvalue weighted by atomic mass is 9.76. The second-order valence-electron chi connectivity index (χ2n) is 6.77. The van der Waals surface area contributed by atoms with Crippen LogP contribution in [0.2, 0.25) is 0 Å². The normalized spacial score (nSPS) is 30.3. The Morgan fingerprint density at radius 3 is 2.86 bits per heavy atom. The van der Waals surface area contributed by atoms with Gasteiger partial charge >= 0.3 is 5.97 Å². The molecule has 1 unspecified atom stereocenters. The maximum atomic E-state index is 12.2. The van der Waals surface area contributed by atoms with Gasteiger partial charge in [-0.2, -0.15) is 0 Å². The molecule has 2 rings (SSSR count). The van der Waals surface area contributed by atoms with Gasteiger partial charge in [-0.05, 0) is 52.9 Å². The van der Waals surface area contributed by atoms with Crippen molar-refractivity contribution >= 4 is 5.97 Å². The summed E-state index contributed by atoms with van der Waals surface area (Å²) in [5.41, 5.74) is 4.80. The summed E-state index contributed by atoms with van der Waals surface area (Å²) in [6.45, 7) is 11.1. The van der Waals surface area contributed by atoms with Gasteiger partial charge in [-0.15, -0.1) is 0 Å². The minimum absolute atomic E-state index is 0.128. The number of ether oxygens (including phenoxy) is 1. The highest BCUT2D eigenvalue weighted by Gasteiger charge is 2.36. The van der Waals surface area contributed by atoms with Crippen molar-refractivity contribution < 1.29 is 9.53 Å². The summed E-state index contributed by atoms with van der Waals surface area (Å²) in [6.07, 6.45) is 11.5. The van der Waals surface area contributed by atoms with E-state index in [1.165, 1.54) is 16.7 Å². The van der Waals surface area contributed by atoms with Crippen LogP contribution in [0.1, 0.15) is 52.9 Å². The Kier molecular flexibility index (Phi) is 5.82. The van der Waals surface area contributed by atoms with Crippen molar-refractivity contribution in [2.24, 2.45) is 11.8 Å². The Hall–Kier alpha value is -1.57. The average molecular weight is 300 g/mol. The summed E-state index contributed by atoms with van der Waals surface area (Å²) in [5.74, 6) is 0.424. The lowest BCUT2D eigenvalue weighted by Crippen LogP contribution is -2.34. The minimum atomic E-state index is -0.128. The zero-order chi connectivity index (χ0) is 16.1. The van der Waals surface area contributed by atoms with Crippen molar-refractivity contribution in [2.45, 2.75) is 52.9 Å². The molecule has 2 heteroatoms. The fraction of sp³-hybridized carbons (Fsp3) is 0.550. The van der Waals surface area contributed by atoms with Crippen LogP contribution in [-0.4, -0.2) is 12.6 Å². The van der Waals surface area contributed by atoms with Crippen molar-refractivity contribution in [1.82, 2.24) is 0 Å². The van der Waals surface area contributed by atoms with E-state index in [0.29, 0.717) is 6.61 Å². The summed E-state index contributed by atoms with van der Waals surface area (Å²) >= 11 is 0. The molecule has 1 aliphatic carbocycles. The number of allylic oxidation sites excluding steroid dienone is 5. The predicted octanol–water partition coefficient (Wildman–Crippen LogP) is 5.13. The molecule has 2 atom stereocenters. The van der Waals surface area contributed by atoms with Gasteiger partial charge in [0.05, 0.1) is 6.61 Å². The Labute approximate surface area is 134 Å². The summed E-state index contributed by atoms with van der Waals surface area (Å²) in [5, 5.41) is 0. The largest absolute Gasteiger partial charge is 0.462 e. The van der Waals surface area contributed by atoms with E-state index in [1.54, 1.807) is 0 Å². The molecular formula is C20H28O2. The molecule has 2 aliphatic rings. The quantitative estimate of drug-likeness (QED) is 0.401. The van der Waals surface area contributed by atoms with Gasteiger partial charge in [0.15, 0.2) is 0 Å². The first-order chi connectivity index (χ1) is 10.5. The molecule has 1 aliphatic heterocycles. The van der Waals surface area contributed by atoms with Gasteiger partial charge in [-0.25, -0.2) is 4.79 Å². The zero-order valence-corrected chi connectivity index (χ0v) is 14.2. The van der Waals surface area contributed by atoms with Crippen LogP contribution in [-0.2, 0) is 9.53 Å². The molecule has 0 aromatic heterocycles. The molecule has 0 amide bonds. The lowest BCUT2D eigenvalue weighted by Gasteiger charge is -2.34. The molecule has 120 valence electrons. The highest BCUT2D eigenvalue weighted by molar-refractivity contribution is 5.90. The van der Waals surface area contributed by atoms with E-state index in [4.69, 9.17) is 4.74 Å². The molecule has 0 bridgehead atoms. The van der Waals surface area contributed by atoms with Gasteiger partial charge < -0.3 is 4.74 Å². The number of esters is 1. The van der Waals surface area contributed by atoms with E-state index in [9.17, 15) is 4.79 Å². The number of carbonyl (C=O) groups excluding carboxylic acids is 1. The molecule has 1 fully saturated rings. The molecule has 0 saturated carbocycles. The summed E-state index contributed by atoms with van der Waals surface area (Å²) in [4.78, 5) is 12.2. The van der Waals surface area contributed by atoms with E-state index in [0.717, 1.165) is 37.7 Å². The van der Waals surface area contributed by atoms with Crippen LogP contribution in [0.3, 0.4) is 0 Å². The number of fused-ring (bicyclic) bond motifs is 1. The number of cyclic esters (lactones) is 1. The third kappa shape index (κ3) is 4.22. The molecule has 1 heterocycles. The fourth-order valence-corrected chi connectivity index (χ4v) is 3.32. The molecule has 0 aromatic carbocycles. The van der Waals surface area contributed by atoms with Crippen molar-refractivity contribution in [2.75, 3.05) is 6.61 Å². The zero-order valence-electron chi connectivity index (χ0n) is 14.2. The highest BCUT2D eigenvalue weighted by Crippen LogP contribution is 2.38. The Bertz CT molecular complexity index is 530. The lowest BCUT2D eigenvalue weighted by molar-refractivity contribution is -0.144. The topological polar surface area (TPSA) is 26.3 Å². The average Bonchev–Trinajstić information content (AvgIpc) is 2.52. The van der Waals surface area contributed by atoms with Crippen LogP contribution in [0.4, 0.5) is 0 Å². The molecule has 1 saturated heterocycles. The van der Waals surface area contributed by atoms with Crippen LogP contribution >= 0.6 is 0 Å². The van der Waals surface area contributed by atoms with E-state index >= 15 is 0 Å². The Morgan fingerprint density at radius 1 is 1.36 bits per heavy atom. The third-order valence-corrected chi connectivity index (χ3v) is 4.71. The molecule has 0 spiro atoms. The number of hydrogen-bond acceptors (Lipinski definition) is 2. The standard InChI is InChI=1S/C20H28O2/c1-14(2)7-5-10-18-17-12-11-15(3)8-6-9-16(4)19(17)13-22-20(18)21/h7-8,10,17,19H,4-6,9,11-13H2,1-3H3/b15-8+,18-10-/t17?,19-/m0/s1. The van der Waals surface area contributed by atoms with E-state index in [1.807, 2.05) is 0 Å². The van der Waals surface area contributed by atoms with Gasteiger partial charge in [-0.1, -0.05) is 41.5 Å². The highest BCUT2D eigenvalue weighted by atomic mass is 16.5. The van der Waals surface area contributed by atoms with Crippen molar-refractivity contribution in [3.63, 3.8) is 0 Å². The minimum Gasteiger partial charge on any atom is -0.462 e. The van der Waals surface area contributed by atoms with E-state index in [2.05, 4.69) is 45.6 Å². The fourth-order valence-electron chi connectivity index (χ4n) is 3.32. The summed E-state index contributed by atoms with van der Waals surface area (Å²) in [7, 11) is 0. The van der Waals surface area contributed by atoms with Gasteiger partial charge in [-0.3, -0.25) is 0 Å². The maximum Gasteiger partial charge on any atom is 0.334 e. The second-order valence-corrected chi connectivity index (χ2v) is 6.77. The number of rotatable bonds is 2. The first kappa shape index (κ1) is 16.8. The van der Waals surface area contributed by atoms with E-state index in [-0.39, 0.29) is 17.8 Å². The molecule has 0 N–H and O–H groups in total. The maximum absolute atomic E-state index is 12.2. The van der Waals surface area contributed by atoms with Crippen LogP contribution in [0.25, 0.3) is 0 Å². The number of carbonyl (C=O) groups is 1. The van der Waals surface area contributed by atoms with Crippen LogP contribution in [0.5, 0.6) is 0 Å². The van der Waals surface area contributed by atoms with Crippen LogP contribution in [0.15, 0.2) is 47.1 Å². The van der Waals surface area contributed by atoms with Crippen molar-refractivity contribution in [3.8, 4) is 0 Å².